The highest BCUT2D eigenvalue weighted by Crippen LogP contribution is 2.44. The zero-order valence-electron chi connectivity index (χ0n) is 15.1. The van der Waals surface area contributed by atoms with Gasteiger partial charge in [0.05, 0.1) is 18.1 Å². The average Bonchev–Trinajstić information content (AvgIpc) is 2.99. The van der Waals surface area contributed by atoms with Crippen molar-refractivity contribution in [3.05, 3.63) is 29.7 Å². The predicted octanol–water partition coefficient (Wildman–Crippen LogP) is 2.75. The Morgan fingerprint density at radius 1 is 1.15 bits per heavy atom. The van der Waals surface area contributed by atoms with Crippen molar-refractivity contribution in [3.63, 3.8) is 0 Å². The second-order valence-electron chi connectivity index (χ2n) is 7.96. The van der Waals surface area contributed by atoms with Crippen LogP contribution in [0.1, 0.15) is 44.9 Å². The number of nitrogens with zero attached hydrogens (tertiary/aromatic N) is 4. The van der Waals surface area contributed by atoms with Gasteiger partial charge >= 0.3 is 0 Å². The van der Waals surface area contributed by atoms with Gasteiger partial charge in [-0.25, -0.2) is 9.83 Å². The second kappa shape index (κ2) is 6.88. The molecule has 26 heavy (non-hydrogen) atoms. The summed E-state index contributed by atoms with van der Waals surface area (Å²) in [5.74, 6) is 1.18. The number of carbonyl (C=O) groups excluding carboxylic acids is 1. The van der Waals surface area contributed by atoms with Crippen molar-refractivity contribution in [1.82, 2.24) is 9.88 Å². The third-order valence-corrected chi connectivity index (χ3v) is 6.56. The standard InChI is InChI=1S/C20H26N4O2/c1-21-15-6-10-22-18(14-15)23-11-7-20(8-12-23)9-13-24(19(20)26)16-2-4-17(25)5-3-16/h6,10,14,16-17,25H,2-5,7-9,11-13H2. The average molecular weight is 354 g/mol. The molecule has 2 aliphatic heterocycles. The van der Waals surface area contributed by atoms with E-state index >= 15 is 0 Å². The van der Waals surface area contributed by atoms with Gasteiger partial charge in [-0.1, -0.05) is 0 Å². The molecule has 1 saturated carbocycles. The van der Waals surface area contributed by atoms with E-state index in [-0.39, 0.29) is 11.5 Å². The van der Waals surface area contributed by atoms with Crippen molar-refractivity contribution in [2.24, 2.45) is 5.41 Å². The molecular weight excluding hydrogens is 328 g/mol. The zero-order chi connectivity index (χ0) is 18.1. The summed E-state index contributed by atoms with van der Waals surface area (Å²) in [5.41, 5.74) is 0.405. The van der Waals surface area contributed by atoms with Crippen LogP contribution in [0.3, 0.4) is 0 Å². The fraction of sp³-hybridized carbons (Fsp3) is 0.650. The van der Waals surface area contributed by atoms with Crippen LogP contribution in [0.4, 0.5) is 11.5 Å². The maximum Gasteiger partial charge on any atom is 0.229 e. The summed E-state index contributed by atoms with van der Waals surface area (Å²) in [6.07, 6.45) is 7.69. The normalized spacial score (nSPS) is 28.4. The number of carbonyl (C=O) groups is 1. The highest BCUT2D eigenvalue weighted by atomic mass is 16.3. The van der Waals surface area contributed by atoms with Crippen molar-refractivity contribution >= 4 is 17.4 Å². The molecular formula is C20H26N4O2. The summed E-state index contributed by atoms with van der Waals surface area (Å²) < 4.78 is 0. The molecule has 0 radical (unpaired) electrons. The third-order valence-electron chi connectivity index (χ3n) is 6.56. The Kier molecular flexibility index (Phi) is 4.58. The first-order valence-electron chi connectivity index (χ1n) is 9.69. The zero-order valence-corrected chi connectivity index (χ0v) is 15.1. The molecule has 3 heterocycles. The smallest absolute Gasteiger partial charge is 0.229 e. The van der Waals surface area contributed by atoms with E-state index in [0.29, 0.717) is 17.6 Å². The van der Waals surface area contributed by atoms with Gasteiger partial charge in [-0.15, -0.1) is 0 Å². The second-order valence-corrected chi connectivity index (χ2v) is 7.96. The molecule has 0 atom stereocenters. The molecule has 0 unspecified atom stereocenters. The first kappa shape index (κ1) is 17.3. The molecule has 3 fully saturated rings. The monoisotopic (exact) mass is 354 g/mol. The van der Waals surface area contributed by atoms with Crippen molar-refractivity contribution in [1.29, 1.82) is 0 Å². The Hall–Kier alpha value is -2.13. The minimum atomic E-state index is -0.204. The van der Waals surface area contributed by atoms with Crippen LogP contribution in [0.5, 0.6) is 0 Å². The van der Waals surface area contributed by atoms with E-state index in [0.717, 1.165) is 70.4 Å². The fourth-order valence-electron chi connectivity index (χ4n) is 4.84. The summed E-state index contributed by atoms with van der Waals surface area (Å²) in [7, 11) is 0. The number of rotatable bonds is 2. The summed E-state index contributed by atoms with van der Waals surface area (Å²) in [6, 6.07) is 3.88. The molecule has 0 bridgehead atoms. The molecule has 6 nitrogen and oxygen atoms in total. The third kappa shape index (κ3) is 3.05. The van der Waals surface area contributed by atoms with Crippen molar-refractivity contribution in [3.8, 4) is 0 Å². The van der Waals surface area contributed by atoms with Crippen LogP contribution in [0.2, 0.25) is 0 Å². The molecule has 3 aliphatic rings. The van der Waals surface area contributed by atoms with E-state index in [4.69, 9.17) is 6.57 Å². The van der Waals surface area contributed by atoms with Gasteiger partial charge in [0.1, 0.15) is 5.82 Å². The van der Waals surface area contributed by atoms with Crippen LogP contribution in [-0.4, -0.2) is 52.7 Å². The Balaban J connectivity index is 1.41. The Labute approximate surface area is 154 Å². The highest BCUT2D eigenvalue weighted by molar-refractivity contribution is 5.85. The van der Waals surface area contributed by atoms with Crippen LogP contribution >= 0.6 is 0 Å². The van der Waals surface area contributed by atoms with Crippen LogP contribution in [0.15, 0.2) is 18.3 Å². The first-order valence-corrected chi connectivity index (χ1v) is 9.69. The van der Waals surface area contributed by atoms with Crippen molar-refractivity contribution in [2.75, 3.05) is 24.5 Å². The lowest BCUT2D eigenvalue weighted by Crippen LogP contribution is -2.47. The highest BCUT2D eigenvalue weighted by Gasteiger charge is 2.50. The molecule has 4 rings (SSSR count). The molecule has 6 heteroatoms. The number of likely N-dealkylation sites (tertiary alicyclic amines) is 1. The maximum absolute atomic E-state index is 13.2. The lowest BCUT2D eigenvalue weighted by Gasteiger charge is -2.40. The molecule has 1 spiro atoms. The minimum Gasteiger partial charge on any atom is -0.393 e. The van der Waals surface area contributed by atoms with Crippen LogP contribution in [-0.2, 0) is 4.79 Å². The summed E-state index contributed by atoms with van der Waals surface area (Å²) in [5, 5.41) is 9.72. The number of aliphatic hydroxyl groups excluding tert-OH is 1. The maximum atomic E-state index is 13.2. The number of amides is 1. The SMILES string of the molecule is [C-]#[N+]c1ccnc(N2CCC3(CC2)CCN(C2CCC(O)CC2)C3=O)c1. The Bertz CT molecular complexity index is 713. The van der Waals surface area contributed by atoms with E-state index in [9.17, 15) is 9.90 Å². The number of hydrogen-bond acceptors (Lipinski definition) is 4. The Morgan fingerprint density at radius 3 is 2.54 bits per heavy atom. The Morgan fingerprint density at radius 2 is 1.85 bits per heavy atom. The van der Waals surface area contributed by atoms with Gasteiger partial charge in [0, 0.05) is 31.9 Å². The molecule has 1 aromatic heterocycles. The topological polar surface area (TPSA) is 61.0 Å². The summed E-state index contributed by atoms with van der Waals surface area (Å²) >= 11 is 0. The van der Waals surface area contributed by atoms with Crippen molar-refractivity contribution < 1.29 is 9.90 Å². The molecule has 1 N–H and O–H groups in total. The van der Waals surface area contributed by atoms with E-state index in [1.165, 1.54) is 0 Å². The van der Waals surface area contributed by atoms with Gasteiger partial charge in [0.15, 0.2) is 5.69 Å². The van der Waals surface area contributed by atoms with Gasteiger partial charge < -0.3 is 14.9 Å². The molecule has 2 saturated heterocycles. The predicted molar refractivity (Wildman–Crippen MR) is 99.0 cm³/mol. The van der Waals surface area contributed by atoms with Crippen LogP contribution < -0.4 is 4.90 Å². The number of hydrogen-bond donors (Lipinski definition) is 1. The largest absolute Gasteiger partial charge is 0.393 e. The van der Waals surface area contributed by atoms with Gasteiger partial charge in [-0.05, 0) is 57.1 Å². The molecule has 138 valence electrons. The van der Waals surface area contributed by atoms with E-state index in [2.05, 4.69) is 19.6 Å². The quantitative estimate of drug-likeness (QED) is 0.830. The summed E-state index contributed by atoms with van der Waals surface area (Å²) in [4.78, 5) is 25.4. The van der Waals surface area contributed by atoms with E-state index in [1.807, 2.05) is 6.07 Å². The van der Waals surface area contributed by atoms with Gasteiger partial charge in [0.2, 0.25) is 5.91 Å². The molecule has 1 aliphatic carbocycles. The molecule has 1 aromatic rings. The van der Waals surface area contributed by atoms with Gasteiger partial charge in [-0.2, -0.15) is 0 Å². The molecule has 1 amide bonds. The lowest BCUT2D eigenvalue weighted by atomic mass is 9.77. The number of aromatic nitrogens is 1. The fourth-order valence-corrected chi connectivity index (χ4v) is 4.84. The number of piperidine rings is 1. The number of anilines is 1. The first-order chi connectivity index (χ1) is 12.6. The van der Waals surface area contributed by atoms with Gasteiger partial charge in [-0.3, -0.25) is 4.79 Å². The van der Waals surface area contributed by atoms with E-state index < -0.39 is 0 Å². The number of aliphatic hydroxyl groups is 1. The minimum absolute atomic E-state index is 0.181. The van der Waals surface area contributed by atoms with E-state index in [1.54, 1.807) is 12.3 Å². The number of pyridine rings is 1. The lowest BCUT2D eigenvalue weighted by molar-refractivity contribution is -0.139. The summed E-state index contributed by atoms with van der Waals surface area (Å²) in [6.45, 7) is 9.66. The van der Waals surface area contributed by atoms with Gasteiger partial charge in [0.25, 0.3) is 0 Å². The van der Waals surface area contributed by atoms with Crippen LogP contribution in [0, 0.1) is 12.0 Å². The van der Waals surface area contributed by atoms with Crippen molar-refractivity contribution in [2.45, 2.75) is 57.1 Å². The van der Waals surface area contributed by atoms with Crippen LogP contribution in [0.25, 0.3) is 4.85 Å². The molecule has 0 aromatic carbocycles.